The number of allylic oxidation sites excluding steroid dienone is 1. The van der Waals surface area contributed by atoms with E-state index in [9.17, 15) is 13.2 Å². The van der Waals surface area contributed by atoms with Gasteiger partial charge in [0.05, 0.1) is 24.7 Å². The van der Waals surface area contributed by atoms with Gasteiger partial charge in [-0.3, -0.25) is 0 Å². The third kappa shape index (κ3) is 4.09. The van der Waals surface area contributed by atoms with Crippen molar-refractivity contribution in [3.8, 4) is 5.75 Å². The number of nitrogens with zero attached hydrogens (tertiary/aromatic N) is 2. The summed E-state index contributed by atoms with van der Waals surface area (Å²) in [6.45, 7) is 0. The van der Waals surface area contributed by atoms with Crippen molar-refractivity contribution in [2.24, 2.45) is 0 Å². The fraction of sp³-hybridized carbons (Fsp3) is 0.143. The molecule has 0 fully saturated rings. The first-order valence-electron chi connectivity index (χ1n) is 3.17. The van der Waals surface area contributed by atoms with Gasteiger partial charge in [0.1, 0.15) is 0 Å². The van der Waals surface area contributed by atoms with E-state index in [1.54, 1.807) is 0 Å². The van der Waals surface area contributed by atoms with E-state index in [1.807, 2.05) is 0 Å². The average Bonchev–Trinajstić information content (AvgIpc) is 2.04. The molecule has 0 aliphatic carbocycles. The molecule has 0 unspecified atom stereocenters. The summed E-state index contributed by atoms with van der Waals surface area (Å²) in [4.78, 5) is 6.85. The van der Waals surface area contributed by atoms with Crippen LogP contribution in [0.3, 0.4) is 0 Å². The lowest BCUT2D eigenvalue weighted by Crippen LogP contribution is -2.01. The minimum Gasteiger partial charge on any atom is -0.462 e. The molecule has 3 nitrogen and oxygen atoms in total. The van der Waals surface area contributed by atoms with Crippen molar-refractivity contribution < 1.29 is 17.9 Å². The second-order valence-corrected chi connectivity index (χ2v) is 1.98. The minimum absolute atomic E-state index is 0.0241. The molecule has 69 valence electrons. The summed E-state index contributed by atoms with van der Waals surface area (Å²) < 4.78 is 39.2. The van der Waals surface area contributed by atoms with E-state index in [1.165, 1.54) is 12.4 Å². The fourth-order valence-corrected chi connectivity index (χ4v) is 0.502. The summed E-state index contributed by atoms with van der Waals surface area (Å²) in [5.74, 6) is 0.124. The van der Waals surface area contributed by atoms with Crippen molar-refractivity contribution in [3.63, 3.8) is 0 Å². The van der Waals surface area contributed by atoms with Crippen LogP contribution in [0.25, 0.3) is 0 Å². The van der Waals surface area contributed by atoms with Gasteiger partial charge in [-0.2, -0.15) is 13.2 Å². The Morgan fingerprint density at radius 1 is 1.31 bits per heavy atom. The number of halogens is 3. The Morgan fingerprint density at radius 2 is 1.92 bits per heavy atom. The molecule has 13 heavy (non-hydrogen) atoms. The molecule has 1 rings (SSSR count). The quantitative estimate of drug-likeness (QED) is 0.664. The maximum absolute atomic E-state index is 11.6. The number of alkyl halides is 3. The van der Waals surface area contributed by atoms with E-state index in [0.29, 0.717) is 6.26 Å². The van der Waals surface area contributed by atoms with Gasteiger partial charge in [0.25, 0.3) is 0 Å². The predicted molar refractivity (Wildman–Crippen MR) is 36.7 cm³/mol. The van der Waals surface area contributed by atoms with Gasteiger partial charge in [0.2, 0.25) is 0 Å². The van der Waals surface area contributed by atoms with Gasteiger partial charge in [-0.05, 0) is 0 Å². The highest BCUT2D eigenvalue weighted by atomic mass is 19.4. The Hall–Kier alpha value is -1.59. The lowest BCUT2D eigenvalue weighted by Gasteiger charge is -1.99. The first-order chi connectivity index (χ1) is 6.08. The molecule has 0 bridgehead atoms. The van der Waals surface area contributed by atoms with E-state index in [4.69, 9.17) is 0 Å². The van der Waals surface area contributed by atoms with E-state index in [2.05, 4.69) is 21.0 Å². The average molecular weight is 189 g/mol. The fourth-order valence-electron chi connectivity index (χ4n) is 0.502. The van der Waals surface area contributed by atoms with Crippen LogP contribution in [-0.4, -0.2) is 16.1 Å². The second kappa shape index (κ2) is 3.88. The smallest absolute Gasteiger partial charge is 0.412 e. The van der Waals surface area contributed by atoms with Gasteiger partial charge >= 0.3 is 6.18 Å². The molecule has 1 aromatic rings. The molecular weight excluding hydrogens is 185 g/mol. The largest absolute Gasteiger partial charge is 0.462 e. The van der Waals surface area contributed by atoms with Crippen molar-refractivity contribution in [3.05, 3.63) is 31.1 Å². The summed E-state index contributed by atoms with van der Waals surface area (Å²) in [5.41, 5.74) is 0. The van der Waals surface area contributed by atoms with Crippen LogP contribution in [0.15, 0.2) is 24.7 Å². The molecule has 0 saturated heterocycles. The number of ether oxygens (including phenoxy) is 1. The van der Waals surface area contributed by atoms with Crippen molar-refractivity contribution >= 4 is 0 Å². The lowest BCUT2D eigenvalue weighted by molar-refractivity contribution is -0.0809. The molecule has 0 aromatic carbocycles. The van der Waals surface area contributed by atoms with Crippen LogP contribution < -0.4 is 4.74 Å². The van der Waals surface area contributed by atoms with E-state index >= 15 is 0 Å². The highest BCUT2D eigenvalue weighted by Gasteiger charge is 2.22. The van der Waals surface area contributed by atoms with Gasteiger partial charge in [-0.25, -0.2) is 9.97 Å². The maximum atomic E-state index is 11.6. The van der Waals surface area contributed by atoms with E-state index in [-0.39, 0.29) is 11.8 Å². The molecule has 0 N–H and O–H groups in total. The maximum Gasteiger partial charge on any atom is 0.412 e. The summed E-state index contributed by atoms with van der Waals surface area (Å²) in [5, 5.41) is 0. The van der Waals surface area contributed by atoms with Gasteiger partial charge < -0.3 is 4.74 Å². The first kappa shape index (κ1) is 9.50. The molecule has 0 saturated carbocycles. The Bertz CT molecular complexity index is 284. The molecule has 0 spiro atoms. The van der Waals surface area contributed by atoms with Crippen molar-refractivity contribution in [1.82, 2.24) is 9.97 Å². The Kier molecular flexibility index (Phi) is 2.84. The van der Waals surface area contributed by atoms with Crippen LogP contribution in [-0.2, 0) is 0 Å². The zero-order valence-corrected chi connectivity index (χ0v) is 6.25. The highest BCUT2D eigenvalue weighted by molar-refractivity contribution is 5.11. The molecule has 0 aliphatic rings. The standard InChI is InChI=1S/C7H4F3N2O/c8-7(9,10)1-2-13-6-3-11-5-12-4-6/h1-4H/b2-1-. The van der Waals surface area contributed by atoms with Crippen molar-refractivity contribution in [2.45, 2.75) is 6.18 Å². The summed E-state index contributed by atoms with van der Waals surface area (Å²) >= 11 is 0. The Labute approximate surface area is 71.9 Å². The SMILES string of the molecule is FC(F)(F)/C=C\Oc1cn[c]nc1. The number of hydrogen-bond donors (Lipinski definition) is 0. The molecular formula is C7H4F3N2O. The van der Waals surface area contributed by atoms with Crippen LogP contribution in [0.1, 0.15) is 0 Å². The lowest BCUT2D eigenvalue weighted by atomic mass is 10.6. The van der Waals surface area contributed by atoms with Gasteiger partial charge in [-0.1, -0.05) is 0 Å². The molecule has 0 amide bonds. The predicted octanol–water partition coefficient (Wildman–Crippen LogP) is 1.73. The van der Waals surface area contributed by atoms with Crippen LogP contribution in [0.2, 0.25) is 0 Å². The summed E-state index contributed by atoms with van der Waals surface area (Å²) in [6, 6.07) is 0. The Balaban J connectivity index is 2.49. The number of rotatable bonds is 2. The van der Waals surface area contributed by atoms with Crippen LogP contribution >= 0.6 is 0 Å². The number of hydrogen-bond acceptors (Lipinski definition) is 3. The summed E-state index contributed by atoms with van der Waals surface area (Å²) in [6.07, 6.45) is 0.746. The third-order valence-corrected chi connectivity index (χ3v) is 0.960. The zero-order chi connectivity index (χ0) is 9.73. The Morgan fingerprint density at radius 3 is 2.46 bits per heavy atom. The minimum atomic E-state index is -4.37. The first-order valence-corrected chi connectivity index (χ1v) is 3.17. The molecule has 6 heteroatoms. The molecule has 1 heterocycles. The highest BCUT2D eigenvalue weighted by Crippen LogP contribution is 2.16. The third-order valence-electron chi connectivity index (χ3n) is 0.960. The van der Waals surface area contributed by atoms with Crippen molar-refractivity contribution in [2.75, 3.05) is 0 Å². The number of aromatic nitrogens is 2. The normalized spacial score (nSPS) is 11.9. The summed E-state index contributed by atoms with van der Waals surface area (Å²) in [7, 11) is 0. The van der Waals surface area contributed by atoms with Crippen LogP contribution in [0.4, 0.5) is 13.2 Å². The van der Waals surface area contributed by atoms with Crippen LogP contribution in [0.5, 0.6) is 5.75 Å². The molecule has 0 aliphatic heterocycles. The molecule has 1 radical (unpaired) electrons. The van der Waals surface area contributed by atoms with Gasteiger partial charge in [0.15, 0.2) is 12.1 Å². The topological polar surface area (TPSA) is 35.0 Å². The van der Waals surface area contributed by atoms with Crippen LogP contribution in [0, 0.1) is 6.33 Å². The van der Waals surface area contributed by atoms with E-state index < -0.39 is 6.18 Å². The van der Waals surface area contributed by atoms with Gasteiger partial charge in [-0.15, -0.1) is 0 Å². The van der Waals surface area contributed by atoms with E-state index in [0.717, 1.165) is 0 Å². The second-order valence-electron chi connectivity index (χ2n) is 1.98. The molecule has 1 aromatic heterocycles. The monoisotopic (exact) mass is 189 g/mol. The van der Waals surface area contributed by atoms with Crippen molar-refractivity contribution in [1.29, 1.82) is 0 Å². The zero-order valence-electron chi connectivity index (χ0n) is 6.25. The molecule has 0 atom stereocenters. The van der Waals surface area contributed by atoms with Gasteiger partial charge in [0, 0.05) is 0 Å².